The van der Waals surface area contributed by atoms with E-state index in [1.165, 1.54) is 16.7 Å². The van der Waals surface area contributed by atoms with Gasteiger partial charge in [0.1, 0.15) is 30.5 Å². The monoisotopic (exact) mass is 718 g/mol. The summed E-state index contributed by atoms with van der Waals surface area (Å²) in [6.45, 7) is 4.18. The van der Waals surface area contributed by atoms with Gasteiger partial charge < -0.3 is 23.7 Å². The summed E-state index contributed by atoms with van der Waals surface area (Å²) in [6, 6.07) is 58.7. The number of hydrogen-bond acceptors (Lipinski definition) is 5. The van der Waals surface area contributed by atoms with E-state index in [9.17, 15) is 0 Å². The van der Waals surface area contributed by atoms with Crippen molar-refractivity contribution in [3.8, 4) is 0 Å². The minimum atomic E-state index is -0.487. The number of hydrogen-bond donors (Lipinski definition) is 0. The minimum Gasteiger partial charge on any atom is -0.374 e. The molecule has 5 atom stereocenters. The highest BCUT2D eigenvalue weighted by atomic mass is 16.6. The molecule has 0 amide bonds. The zero-order chi connectivity index (χ0) is 36.8. The van der Waals surface area contributed by atoms with Gasteiger partial charge in [-0.3, -0.25) is 0 Å². The van der Waals surface area contributed by atoms with E-state index in [1.54, 1.807) is 0 Å². The molecule has 0 radical (unpaired) electrons. The van der Waals surface area contributed by atoms with Gasteiger partial charge in [0.15, 0.2) is 0 Å². The fourth-order valence-corrected chi connectivity index (χ4v) is 7.07. The molecule has 1 fully saturated rings. The highest BCUT2D eigenvalue weighted by Crippen LogP contribution is 2.39. The average Bonchev–Trinajstić information content (AvgIpc) is 3.23. The lowest BCUT2D eigenvalue weighted by Crippen LogP contribution is -2.58. The summed E-state index contributed by atoms with van der Waals surface area (Å²) in [5, 5.41) is 0. The van der Waals surface area contributed by atoms with Crippen LogP contribution in [0.3, 0.4) is 0 Å². The molecule has 54 heavy (non-hydrogen) atoms. The maximum Gasteiger partial charge on any atom is 0.117 e. The number of ether oxygens (including phenoxy) is 5. The third-order valence-electron chi connectivity index (χ3n) is 10.0. The molecule has 7 rings (SSSR count). The fourth-order valence-electron chi connectivity index (χ4n) is 7.07. The summed E-state index contributed by atoms with van der Waals surface area (Å²) in [5.74, 6) is 0. The molecule has 5 heteroatoms. The van der Waals surface area contributed by atoms with Crippen LogP contribution >= 0.6 is 0 Å². The van der Waals surface area contributed by atoms with E-state index in [0.717, 1.165) is 40.7 Å². The third-order valence-corrected chi connectivity index (χ3v) is 10.0. The first kappa shape index (κ1) is 37.4. The molecule has 1 saturated heterocycles. The Hall–Kier alpha value is -4.88. The van der Waals surface area contributed by atoms with Crippen LogP contribution < -0.4 is 0 Å². The Labute approximate surface area is 320 Å². The Kier molecular flexibility index (Phi) is 13.5. The Balaban J connectivity index is 1.24. The molecule has 0 saturated carbocycles. The molecule has 1 aliphatic heterocycles. The summed E-state index contributed by atoms with van der Waals surface area (Å²) in [4.78, 5) is 0. The quantitative estimate of drug-likeness (QED) is 0.0940. The minimum absolute atomic E-state index is 0.324. The topological polar surface area (TPSA) is 46.2 Å². The van der Waals surface area contributed by atoms with Crippen LogP contribution in [-0.2, 0) is 63.0 Å². The van der Waals surface area contributed by atoms with E-state index in [0.29, 0.717) is 33.0 Å². The van der Waals surface area contributed by atoms with Gasteiger partial charge in [-0.15, -0.1) is 0 Å². The Morgan fingerprint density at radius 2 is 0.889 bits per heavy atom. The molecule has 0 aliphatic carbocycles. The fraction of sp³-hybridized carbons (Fsp3) is 0.265. The molecular weight excluding hydrogens is 669 g/mol. The van der Waals surface area contributed by atoms with Crippen molar-refractivity contribution in [3.05, 3.63) is 214 Å². The number of aryl methyl sites for hydroxylation is 1. The van der Waals surface area contributed by atoms with Gasteiger partial charge in [0.2, 0.25) is 0 Å². The normalized spacial score (nSPS) is 19.8. The van der Waals surface area contributed by atoms with Gasteiger partial charge in [-0.1, -0.05) is 177 Å². The first-order valence-electron chi connectivity index (χ1n) is 19.1. The summed E-state index contributed by atoms with van der Waals surface area (Å²) >= 11 is 0. The van der Waals surface area contributed by atoms with Gasteiger partial charge in [0.05, 0.1) is 33.0 Å². The molecule has 5 nitrogen and oxygen atoms in total. The maximum atomic E-state index is 7.18. The Morgan fingerprint density at radius 3 is 1.43 bits per heavy atom. The molecule has 276 valence electrons. The van der Waals surface area contributed by atoms with Crippen LogP contribution in [0.1, 0.15) is 57.5 Å². The van der Waals surface area contributed by atoms with Crippen molar-refractivity contribution in [1.82, 2.24) is 0 Å². The smallest absolute Gasteiger partial charge is 0.117 e. The Bertz CT molecular complexity index is 1950. The van der Waals surface area contributed by atoms with Gasteiger partial charge in [0, 0.05) is 0 Å². The third kappa shape index (κ3) is 10.4. The lowest BCUT2D eigenvalue weighted by molar-refractivity contribution is -0.275. The first-order chi connectivity index (χ1) is 26.7. The predicted molar refractivity (Wildman–Crippen MR) is 214 cm³/mol. The van der Waals surface area contributed by atoms with E-state index >= 15 is 0 Å². The van der Waals surface area contributed by atoms with Crippen LogP contribution in [0.2, 0.25) is 0 Å². The summed E-state index contributed by atoms with van der Waals surface area (Å²) in [5.41, 5.74) is 9.21. The SMILES string of the molecule is CCc1ccc(Cc2cccc(C3OC(COCc4ccccc4)C(OCc4ccccc4)C(OCc4ccccc4)C3OCc3ccccc3)c2)cc1. The molecule has 1 aliphatic rings. The molecule has 6 aromatic rings. The zero-order valence-electron chi connectivity index (χ0n) is 31.0. The van der Waals surface area contributed by atoms with Crippen LogP contribution in [0.5, 0.6) is 0 Å². The Morgan fingerprint density at radius 1 is 0.426 bits per heavy atom. The van der Waals surface area contributed by atoms with Gasteiger partial charge in [-0.2, -0.15) is 0 Å². The van der Waals surface area contributed by atoms with Crippen molar-refractivity contribution in [2.75, 3.05) is 6.61 Å². The van der Waals surface area contributed by atoms with Crippen molar-refractivity contribution in [2.45, 2.75) is 76.7 Å². The van der Waals surface area contributed by atoms with E-state index < -0.39 is 30.5 Å². The van der Waals surface area contributed by atoms with Crippen molar-refractivity contribution < 1.29 is 23.7 Å². The van der Waals surface area contributed by atoms with E-state index in [4.69, 9.17) is 23.7 Å². The van der Waals surface area contributed by atoms with E-state index in [1.807, 2.05) is 72.8 Å². The van der Waals surface area contributed by atoms with Crippen LogP contribution in [0.4, 0.5) is 0 Å². The molecule has 6 aromatic carbocycles. The number of rotatable bonds is 17. The lowest BCUT2D eigenvalue weighted by atomic mass is 9.89. The van der Waals surface area contributed by atoms with Crippen molar-refractivity contribution in [3.63, 3.8) is 0 Å². The van der Waals surface area contributed by atoms with E-state index in [-0.39, 0.29) is 0 Å². The maximum absolute atomic E-state index is 7.18. The van der Waals surface area contributed by atoms with Gasteiger partial charge in [0.25, 0.3) is 0 Å². The molecule has 5 unspecified atom stereocenters. The predicted octanol–water partition coefficient (Wildman–Crippen LogP) is 10.3. The summed E-state index contributed by atoms with van der Waals surface area (Å²) in [7, 11) is 0. The molecule has 0 aromatic heterocycles. The number of benzene rings is 6. The molecule has 0 N–H and O–H groups in total. The average molecular weight is 719 g/mol. The second-order valence-electron chi connectivity index (χ2n) is 14.0. The largest absolute Gasteiger partial charge is 0.374 e. The van der Waals surface area contributed by atoms with Crippen LogP contribution in [0, 0.1) is 0 Å². The first-order valence-corrected chi connectivity index (χ1v) is 19.1. The van der Waals surface area contributed by atoms with Crippen molar-refractivity contribution in [2.24, 2.45) is 0 Å². The van der Waals surface area contributed by atoms with Crippen LogP contribution in [0.15, 0.2) is 170 Å². The van der Waals surface area contributed by atoms with Gasteiger partial charge in [-0.05, 0) is 57.3 Å². The molecule has 1 heterocycles. The van der Waals surface area contributed by atoms with E-state index in [2.05, 4.69) is 104 Å². The highest BCUT2D eigenvalue weighted by molar-refractivity contribution is 5.33. The van der Waals surface area contributed by atoms with Gasteiger partial charge in [-0.25, -0.2) is 0 Å². The second kappa shape index (κ2) is 19.4. The summed E-state index contributed by atoms with van der Waals surface area (Å²) in [6.07, 6.45) is -0.490. The van der Waals surface area contributed by atoms with Crippen LogP contribution in [-0.4, -0.2) is 31.0 Å². The van der Waals surface area contributed by atoms with Gasteiger partial charge >= 0.3 is 0 Å². The summed E-state index contributed by atoms with van der Waals surface area (Å²) < 4.78 is 34.4. The molecule has 0 bridgehead atoms. The van der Waals surface area contributed by atoms with Crippen molar-refractivity contribution in [1.29, 1.82) is 0 Å². The zero-order valence-corrected chi connectivity index (χ0v) is 31.0. The van der Waals surface area contributed by atoms with Crippen molar-refractivity contribution >= 4 is 0 Å². The highest BCUT2D eigenvalue weighted by Gasteiger charge is 2.49. The standard InChI is InChI=1S/C49H50O5/c1-2-37-26-28-38(29-27-37)30-43-24-15-25-44(31-43)46-48(52-34-41-20-11-5-12-21-41)49(53-35-42-22-13-6-14-23-42)47(51-33-40-18-9-4-10-19-40)45(54-46)36-50-32-39-16-7-3-8-17-39/h3-29,31,45-49H,2,30,32-36H2,1H3. The lowest BCUT2D eigenvalue weighted by Gasteiger charge is -2.46. The molecular formula is C49H50O5. The van der Waals surface area contributed by atoms with Crippen LogP contribution in [0.25, 0.3) is 0 Å². The second-order valence-corrected chi connectivity index (χ2v) is 14.0. The molecule has 0 spiro atoms.